The van der Waals surface area contributed by atoms with E-state index in [1.165, 1.54) is 0 Å². The topological polar surface area (TPSA) is 60.4 Å². The molecule has 138 valence electrons. The van der Waals surface area contributed by atoms with Gasteiger partial charge in [-0.2, -0.15) is 11.8 Å². The minimum absolute atomic E-state index is 0.137. The monoisotopic (exact) mass is 351 g/mol. The smallest absolute Gasteiger partial charge is 0.0701 e. The van der Waals surface area contributed by atoms with Gasteiger partial charge >= 0.3 is 0 Å². The Hall–Kier alpha value is 0.110. The SMILES string of the molecule is CC(C)SC[C@@H](CO)N1CCOCCOCCOCCOCC1. The fourth-order valence-electron chi connectivity index (χ4n) is 2.18. The highest BCUT2D eigenvalue weighted by Crippen LogP contribution is 2.14. The van der Waals surface area contributed by atoms with Crippen LogP contribution in [-0.4, -0.2) is 99.6 Å². The van der Waals surface area contributed by atoms with Gasteiger partial charge in [-0.05, 0) is 5.25 Å². The van der Waals surface area contributed by atoms with Crippen molar-refractivity contribution in [1.82, 2.24) is 4.90 Å². The summed E-state index contributed by atoms with van der Waals surface area (Å²) in [6.07, 6.45) is 0. The van der Waals surface area contributed by atoms with Gasteiger partial charge in [0.25, 0.3) is 0 Å². The van der Waals surface area contributed by atoms with Gasteiger partial charge in [0.2, 0.25) is 0 Å². The number of aliphatic hydroxyl groups is 1. The lowest BCUT2D eigenvalue weighted by Crippen LogP contribution is -2.44. The van der Waals surface area contributed by atoms with E-state index in [2.05, 4.69) is 18.7 Å². The quantitative estimate of drug-likeness (QED) is 0.789. The van der Waals surface area contributed by atoms with Crippen molar-refractivity contribution in [2.45, 2.75) is 25.1 Å². The molecule has 1 heterocycles. The second-order valence-corrected chi connectivity index (χ2v) is 7.31. The van der Waals surface area contributed by atoms with E-state index in [0.717, 1.165) is 18.8 Å². The highest BCUT2D eigenvalue weighted by Gasteiger charge is 2.18. The zero-order valence-electron chi connectivity index (χ0n) is 14.6. The van der Waals surface area contributed by atoms with Crippen LogP contribution < -0.4 is 0 Å². The van der Waals surface area contributed by atoms with Crippen LogP contribution in [-0.2, 0) is 18.9 Å². The Kier molecular flexibility index (Phi) is 13.3. The standard InChI is InChI=1S/C16H33NO5S/c1-15(2)23-14-16(13-18)17-3-5-19-7-9-21-11-12-22-10-8-20-6-4-17/h15-16,18H,3-14H2,1-2H3/t16-/m1/s1. The summed E-state index contributed by atoms with van der Waals surface area (Å²) in [6.45, 7) is 10.9. The molecule has 6 nitrogen and oxygen atoms in total. The molecule has 0 spiro atoms. The maximum Gasteiger partial charge on any atom is 0.0701 e. The fourth-order valence-corrected chi connectivity index (χ4v) is 3.10. The van der Waals surface area contributed by atoms with Crippen LogP contribution in [0.15, 0.2) is 0 Å². The zero-order chi connectivity index (χ0) is 16.8. The first-order valence-corrected chi connectivity index (χ1v) is 9.56. The molecular formula is C16H33NO5S. The third-order valence-electron chi connectivity index (χ3n) is 3.51. The molecule has 23 heavy (non-hydrogen) atoms. The average Bonchev–Trinajstić information content (AvgIpc) is 2.54. The molecule has 0 aliphatic carbocycles. The van der Waals surface area contributed by atoms with Gasteiger partial charge in [0, 0.05) is 24.9 Å². The molecule has 1 fully saturated rings. The van der Waals surface area contributed by atoms with Crippen molar-refractivity contribution >= 4 is 11.8 Å². The molecule has 1 aliphatic rings. The third kappa shape index (κ3) is 11.3. The molecule has 0 radical (unpaired) electrons. The maximum absolute atomic E-state index is 9.72. The number of ether oxygens (including phenoxy) is 4. The second kappa shape index (κ2) is 14.5. The van der Waals surface area contributed by atoms with E-state index in [1.54, 1.807) is 0 Å². The number of hydrogen-bond acceptors (Lipinski definition) is 7. The molecule has 0 amide bonds. The van der Waals surface area contributed by atoms with Gasteiger partial charge in [-0.25, -0.2) is 0 Å². The van der Waals surface area contributed by atoms with Crippen LogP contribution in [0, 0.1) is 0 Å². The molecule has 0 aromatic heterocycles. The van der Waals surface area contributed by atoms with Crippen molar-refractivity contribution in [3.8, 4) is 0 Å². The van der Waals surface area contributed by atoms with Crippen molar-refractivity contribution in [1.29, 1.82) is 0 Å². The highest BCUT2D eigenvalue weighted by molar-refractivity contribution is 7.99. The first-order chi connectivity index (χ1) is 11.2. The van der Waals surface area contributed by atoms with Crippen molar-refractivity contribution in [3.05, 3.63) is 0 Å². The Labute approximate surface area is 144 Å². The van der Waals surface area contributed by atoms with E-state index in [-0.39, 0.29) is 12.6 Å². The van der Waals surface area contributed by atoms with Crippen molar-refractivity contribution < 1.29 is 24.1 Å². The Bertz CT molecular complexity index is 255. The van der Waals surface area contributed by atoms with Gasteiger partial charge in [0.15, 0.2) is 0 Å². The maximum atomic E-state index is 9.72. The summed E-state index contributed by atoms with van der Waals surface area (Å²) in [5, 5.41) is 10.3. The van der Waals surface area contributed by atoms with Gasteiger partial charge in [0.1, 0.15) is 0 Å². The summed E-state index contributed by atoms with van der Waals surface area (Å²) >= 11 is 1.87. The third-order valence-corrected chi connectivity index (χ3v) is 4.75. The number of aliphatic hydroxyl groups excluding tert-OH is 1. The lowest BCUT2D eigenvalue weighted by atomic mass is 10.3. The lowest BCUT2D eigenvalue weighted by Gasteiger charge is -2.30. The molecule has 0 unspecified atom stereocenters. The van der Waals surface area contributed by atoms with Gasteiger partial charge in [-0.1, -0.05) is 13.8 Å². The Morgan fingerprint density at radius 3 is 1.65 bits per heavy atom. The summed E-state index contributed by atoms with van der Waals surface area (Å²) in [7, 11) is 0. The molecule has 0 aromatic carbocycles. The van der Waals surface area contributed by atoms with Gasteiger partial charge in [-0.3, -0.25) is 4.90 Å². The molecule has 0 aromatic rings. The predicted octanol–water partition coefficient (Wildman–Crippen LogP) is 0.871. The van der Waals surface area contributed by atoms with E-state index in [1.807, 2.05) is 11.8 Å². The molecule has 0 saturated carbocycles. The van der Waals surface area contributed by atoms with Crippen LogP contribution in [0.5, 0.6) is 0 Å². The van der Waals surface area contributed by atoms with E-state index >= 15 is 0 Å². The molecule has 7 heteroatoms. The summed E-state index contributed by atoms with van der Waals surface area (Å²) in [4.78, 5) is 2.26. The lowest BCUT2D eigenvalue weighted by molar-refractivity contribution is 0.00206. The zero-order valence-corrected chi connectivity index (χ0v) is 15.4. The van der Waals surface area contributed by atoms with Crippen LogP contribution in [0.25, 0.3) is 0 Å². The van der Waals surface area contributed by atoms with Crippen LogP contribution >= 0.6 is 11.8 Å². The molecule has 0 bridgehead atoms. The number of nitrogens with zero attached hydrogens (tertiary/aromatic N) is 1. The van der Waals surface area contributed by atoms with Crippen LogP contribution in [0.1, 0.15) is 13.8 Å². The van der Waals surface area contributed by atoms with Gasteiger partial charge < -0.3 is 24.1 Å². The van der Waals surface area contributed by atoms with E-state index in [0.29, 0.717) is 58.1 Å². The second-order valence-electron chi connectivity index (χ2n) is 5.70. The summed E-state index contributed by atoms with van der Waals surface area (Å²) in [5.41, 5.74) is 0. The minimum Gasteiger partial charge on any atom is -0.395 e. The van der Waals surface area contributed by atoms with Crippen molar-refractivity contribution in [3.63, 3.8) is 0 Å². The van der Waals surface area contributed by atoms with Crippen molar-refractivity contribution in [2.75, 3.05) is 78.3 Å². The Balaban J connectivity index is 2.43. The van der Waals surface area contributed by atoms with E-state index < -0.39 is 0 Å². The van der Waals surface area contributed by atoms with Crippen LogP contribution in [0.2, 0.25) is 0 Å². The van der Waals surface area contributed by atoms with Crippen molar-refractivity contribution in [2.24, 2.45) is 0 Å². The van der Waals surface area contributed by atoms with Gasteiger partial charge in [0.05, 0.1) is 59.5 Å². The highest BCUT2D eigenvalue weighted by atomic mass is 32.2. The molecule has 1 atom stereocenters. The average molecular weight is 352 g/mol. The minimum atomic E-state index is 0.137. The summed E-state index contributed by atoms with van der Waals surface area (Å²) in [6, 6.07) is 0.137. The molecule has 1 saturated heterocycles. The van der Waals surface area contributed by atoms with Gasteiger partial charge in [-0.15, -0.1) is 0 Å². The first-order valence-electron chi connectivity index (χ1n) is 8.51. The van der Waals surface area contributed by atoms with Crippen LogP contribution in [0.3, 0.4) is 0 Å². The summed E-state index contributed by atoms with van der Waals surface area (Å²) in [5.74, 6) is 0.917. The largest absolute Gasteiger partial charge is 0.395 e. The number of thioether (sulfide) groups is 1. The normalized spacial score (nSPS) is 22.4. The Morgan fingerprint density at radius 2 is 1.26 bits per heavy atom. The number of rotatable bonds is 5. The van der Waals surface area contributed by atoms with E-state index in [4.69, 9.17) is 18.9 Å². The first kappa shape index (κ1) is 21.2. The number of hydrogen-bond donors (Lipinski definition) is 1. The van der Waals surface area contributed by atoms with Crippen LogP contribution in [0.4, 0.5) is 0 Å². The predicted molar refractivity (Wildman–Crippen MR) is 93.3 cm³/mol. The molecule has 1 aliphatic heterocycles. The molecule has 1 N–H and O–H groups in total. The fraction of sp³-hybridized carbons (Fsp3) is 1.00. The summed E-state index contributed by atoms with van der Waals surface area (Å²) < 4.78 is 22.1. The van der Waals surface area contributed by atoms with E-state index in [9.17, 15) is 5.11 Å². The molecule has 1 rings (SSSR count). The Morgan fingerprint density at radius 1 is 0.826 bits per heavy atom. The molecular weight excluding hydrogens is 318 g/mol.